The summed E-state index contributed by atoms with van der Waals surface area (Å²) in [5.74, 6) is -0.275. The summed E-state index contributed by atoms with van der Waals surface area (Å²) >= 11 is 0. The zero-order chi connectivity index (χ0) is 9.42. The quantitative estimate of drug-likeness (QED) is 0.668. The Morgan fingerprint density at radius 2 is 2.08 bits per heavy atom. The van der Waals surface area contributed by atoms with Gasteiger partial charge in [0.2, 0.25) is 0 Å². The third-order valence-corrected chi connectivity index (χ3v) is 2.07. The Morgan fingerprint density at radius 3 is 2.85 bits per heavy atom. The van der Waals surface area contributed by atoms with Gasteiger partial charge in [-0.05, 0) is 24.6 Å². The molecule has 3 heteroatoms. The van der Waals surface area contributed by atoms with Crippen LogP contribution in [0.5, 0.6) is 0 Å². The minimum atomic E-state index is -0.275. The minimum absolute atomic E-state index is 0.275. The molecule has 2 aromatic rings. The molecular weight excluding hydrogens is 167 g/mol. The van der Waals surface area contributed by atoms with Crippen LogP contribution in [0.2, 0.25) is 0 Å². The molecule has 0 saturated carbocycles. The number of nitrogens with two attached hydrogens (primary N) is 1. The highest BCUT2D eigenvalue weighted by Crippen LogP contribution is 2.23. The molecule has 0 radical (unpaired) electrons. The van der Waals surface area contributed by atoms with E-state index < -0.39 is 0 Å². The summed E-state index contributed by atoms with van der Waals surface area (Å²) < 4.78 is 13.5. The average molecular weight is 176 g/mol. The number of halogens is 1. The molecule has 66 valence electrons. The van der Waals surface area contributed by atoms with Crippen LogP contribution in [-0.2, 0) is 0 Å². The maximum atomic E-state index is 13.5. The lowest BCUT2D eigenvalue weighted by Crippen LogP contribution is -1.93. The Kier molecular flexibility index (Phi) is 1.65. The van der Waals surface area contributed by atoms with Crippen LogP contribution in [0.1, 0.15) is 5.56 Å². The van der Waals surface area contributed by atoms with E-state index in [4.69, 9.17) is 5.73 Å². The van der Waals surface area contributed by atoms with Crippen molar-refractivity contribution in [3.63, 3.8) is 0 Å². The van der Waals surface area contributed by atoms with Crippen molar-refractivity contribution in [1.82, 2.24) is 4.98 Å². The molecule has 0 fully saturated rings. The summed E-state index contributed by atoms with van der Waals surface area (Å²) in [6.45, 7) is 1.71. The average Bonchev–Trinajstić information content (AvgIpc) is 2.12. The molecule has 0 aliphatic rings. The summed E-state index contributed by atoms with van der Waals surface area (Å²) in [5, 5.41) is 0.419. The molecule has 2 N–H and O–H groups in total. The van der Waals surface area contributed by atoms with Gasteiger partial charge in [0.1, 0.15) is 5.82 Å². The highest BCUT2D eigenvalue weighted by molar-refractivity contribution is 5.90. The fourth-order valence-corrected chi connectivity index (χ4v) is 1.33. The van der Waals surface area contributed by atoms with Gasteiger partial charge in [-0.1, -0.05) is 6.07 Å². The van der Waals surface area contributed by atoms with E-state index in [1.54, 1.807) is 31.3 Å². The van der Waals surface area contributed by atoms with Crippen molar-refractivity contribution in [2.75, 3.05) is 5.73 Å². The van der Waals surface area contributed by atoms with Gasteiger partial charge in [0.15, 0.2) is 0 Å². The number of nitrogens with zero attached hydrogens (tertiary/aromatic N) is 1. The zero-order valence-corrected chi connectivity index (χ0v) is 7.21. The number of rotatable bonds is 0. The summed E-state index contributed by atoms with van der Waals surface area (Å²) in [6, 6.07) is 5.07. The molecule has 2 rings (SSSR count). The van der Waals surface area contributed by atoms with E-state index in [0.717, 1.165) is 0 Å². The van der Waals surface area contributed by atoms with Gasteiger partial charge in [0.25, 0.3) is 0 Å². The molecule has 0 amide bonds. The fourth-order valence-electron chi connectivity index (χ4n) is 1.33. The second kappa shape index (κ2) is 2.69. The van der Waals surface area contributed by atoms with E-state index in [0.29, 0.717) is 22.2 Å². The first-order valence-corrected chi connectivity index (χ1v) is 3.99. The minimum Gasteiger partial charge on any atom is -0.398 e. The lowest BCUT2D eigenvalue weighted by molar-refractivity contribution is 0.631. The lowest BCUT2D eigenvalue weighted by atomic mass is 10.1. The fraction of sp³-hybridized carbons (Fsp3) is 0.100. The van der Waals surface area contributed by atoms with Crippen molar-refractivity contribution < 1.29 is 4.39 Å². The van der Waals surface area contributed by atoms with Gasteiger partial charge in [-0.15, -0.1) is 0 Å². The van der Waals surface area contributed by atoms with E-state index >= 15 is 0 Å². The lowest BCUT2D eigenvalue weighted by Gasteiger charge is -2.03. The molecule has 1 aromatic heterocycles. The van der Waals surface area contributed by atoms with Crippen LogP contribution in [0.3, 0.4) is 0 Å². The molecule has 0 bridgehead atoms. The van der Waals surface area contributed by atoms with E-state index in [-0.39, 0.29) is 5.82 Å². The molecule has 0 aliphatic heterocycles. The molecule has 0 unspecified atom stereocenters. The van der Waals surface area contributed by atoms with E-state index in [1.165, 1.54) is 0 Å². The summed E-state index contributed by atoms with van der Waals surface area (Å²) in [7, 11) is 0. The highest BCUT2D eigenvalue weighted by atomic mass is 19.1. The Labute approximate surface area is 75.2 Å². The largest absolute Gasteiger partial charge is 0.398 e. The molecule has 0 atom stereocenters. The summed E-state index contributed by atoms with van der Waals surface area (Å²) in [5.41, 5.74) is 7.27. The molecule has 0 spiro atoms. The number of hydrogen-bond donors (Lipinski definition) is 1. The summed E-state index contributed by atoms with van der Waals surface area (Å²) in [4.78, 5) is 4.02. The second-order valence-corrected chi connectivity index (χ2v) is 2.99. The van der Waals surface area contributed by atoms with E-state index in [1.807, 2.05) is 0 Å². The maximum absolute atomic E-state index is 13.5. The van der Waals surface area contributed by atoms with Crippen molar-refractivity contribution in [2.45, 2.75) is 6.92 Å². The maximum Gasteiger partial charge on any atom is 0.137 e. The van der Waals surface area contributed by atoms with Crippen LogP contribution < -0.4 is 5.73 Å². The molecule has 13 heavy (non-hydrogen) atoms. The van der Waals surface area contributed by atoms with Crippen molar-refractivity contribution in [1.29, 1.82) is 0 Å². The predicted molar refractivity (Wildman–Crippen MR) is 50.9 cm³/mol. The Bertz CT molecular complexity index is 466. The first-order valence-electron chi connectivity index (χ1n) is 3.99. The van der Waals surface area contributed by atoms with Crippen molar-refractivity contribution in [2.24, 2.45) is 0 Å². The number of aromatic nitrogens is 1. The SMILES string of the molecule is Cc1ccc2nccc(N)c2c1F. The van der Waals surface area contributed by atoms with Gasteiger partial charge in [-0.3, -0.25) is 4.98 Å². The number of benzene rings is 1. The Morgan fingerprint density at radius 1 is 1.31 bits per heavy atom. The number of pyridine rings is 1. The zero-order valence-electron chi connectivity index (χ0n) is 7.21. The number of nitrogen functional groups attached to an aromatic ring is 1. The van der Waals surface area contributed by atoms with Gasteiger partial charge >= 0.3 is 0 Å². The number of anilines is 1. The molecule has 2 nitrogen and oxygen atoms in total. The van der Waals surface area contributed by atoms with Gasteiger partial charge in [0, 0.05) is 11.9 Å². The summed E-state index contributed by atoms with van der Waals surface area (Å²) in [6.07, 6.45) is 1.58. The molecule has 0 aliphatic carbocycles. The third-order valence-electron chi connectivity index (χ3n) is 2.07. The first-order chi connectivity index (χ1) is 6.20. The van der Waals surface area contributed by atoms with Gasteiger partial charge in [0.05, 0.1) is 10.9 Å². The van der Waals surface area contributed by atoms with Crippen molar-refractivity contribution >= 4 is 16.6 Å². The number of fused-ring (bicyclic) bond motifs is 1. The van der Waals surface area contributed by atoms with Gasteiger partial charge < -0.3 is 5.73 Å². The number of aryl methyl sites for hydroxylation is 1. The first kappa shape index (κ1) is 7.98. The van der Waals surface area contributed by atoms with Crippen molar-refractivity contribution in [3.8, 4) is 0 Å². The third kappa shape index (κ3) is 1.13. The monoisotopic (exact) mass is 176 g/mol. The van der Waals surface area contributed by atoms with E-state index in [9.17, 15) is 4.39 Å². The molecule has 0 saturated heterocycles. The van der Waals surface area contributed by atoms with Gasteiger partial charge in [-0.25, -0.2) is 4.39 Å². The second-order valence-electron chi connectivity index (χ2n) is 2.99. The topological polar surface area (TPSA) is 38.9 Å². The van der Waals surface area contributed by atoms with Crippen LogP contribution in [0.4, 0.5) is 10.1 Å². The van der Waals surface area contributed by atoms with Crippen LogP contribution in [0, 0.1) is 12.7 Å². The predicted octanol–water partition coefficient (Wildman–Crippen LogP) is 2.26. The highest BCUT2D eigenvalue weighted by Gasteiger charge is 2.06. The van der Waals surface area contributed by atoms with Crippen molar-refractivity contribution in [3.05, 3.63) is 35.8 Å². The number of hydrogen-bond acceptors (Lipinski definition) is 2. The normalized spacial score (nSPS) is 10.6. The molecular formula is C10H9FN2. The Balaban J connectivity index is 2.97. The van der Waals surface area contributed by atoms with Crippen LogP contribution in [-0.4, -0.2) is 4.98 Å². The van der Waals surface area contributed by atoms with E-state index in [2.05, 4.69) is 4.98 Å². The van der Waals surface area contributed by atoms with Crippen LogP contribution in [0.25, 0.3) is 10.9 Å². The Hall–Kier alpha value is -1.64. The van der Waals surface area contributed by atoms with Gasteiger partial charge in [-0.2, -0.15) is 0 Å². The van der Waals surface area contributed by atoms with Crippen LogP contribution in [0.15, 0.2) is 24.4 Å². The molecule has 1 heterocycles. The smallest absolute Gasteiger partial charge is 0.137 e. The molecule has 1 aromatic carbocycles. The van der Waals surface area contributed by atoms with Crippen LogP contribution >= 0.6 is 0 Å². The standard InChI is InChI=1S/C10H9FN2/c1-6-2-3-8-9(10(6)11)7(12)4-5-13-8/h2-5H,1H3,(H2,12,13).